The second-order valence-corrected chi connectivity index (χ2v) is 5.98. The summed E-state index contributed by atoms with van der Waals surface area (Å²) in [6.07, 6.45) is 2.41. The predicted molar refractivity (Wildman–Crippen MR) is 84.1 cm³/mol. The van der Waals surface area contributed by atoms with Crippen LogP contribution in [0.5, 0.6) is 0 Å². The number of aromatic amines is 1. The van der Waals surface area contributed by atoms with Crippen molar-refractivity contribution < 1.29 is 9.53 Å². The third-order valence-electron chi connectivity index (χ3n) is 3.42. The van der Waals surface area contributed by atoms with E-state index in [0.29, 0.717) is 13.0 Å². The molecule has 1 aromatic heterocycles. The highest BCUT2D eigenvalue weighted by molar-refractivity contribution is 5.86. The van der Waals surface area contributed by atoms with Gasteiger partial charge in [-0.25, -0.2) is 0 Å². The van der Waals surface area contributed by atoms with Crippen molar-refractivity contribution >= 4 is 16.8 Å². The largest absolute Gasteiger partial charge is 0.382 e. The minimum Gasteiger partial charge on any atom is -0.382 e. The van der Waals surface area contributed by atoms with Gasteiger partial charge in [0.2, 0.25) is 5.91 Å². The van der Waals surface area contributed by atoms with Crippen LogP contribution in [0.15, 0.2) is 30.5 Å². The molecule has 2 rings (SSSR count). The molecule has 5 nitrogen and oxygen atoms in total. The number of hydrogen-bond donors (Lipinski definition) is 3. The molecule has 0 spiro atoms. The Morgan fingerprint density at radius 3 is 2.86 bits per heavy atom. The Labute approximate surface area is 124 Å². The first-order valence-corrected chi connectivity index (χ1v) is 7.04. The van der Waals surface area contributed by atoms with Gasteiger partial charge in [0.15, 0.2) is 0 Å². The number of para-hydroxylation sites is 1. The molecule has 0 fully saturated rings. The molecular weight excluding hydrogens is 266 g/mol. The number of hydrogen-bond acceptors (Lipinski definition) is 3. The second-order valence-electron chi connectivity index (χ2n) is 5.98. The molecule has 0 bridgehead atoms. The first-order chi connectivity index (χ1) is 9.93. The molecule has 0 aliphatic heterocycles. The summed E-state index contributed by atoms with van der Waals surface area (Å²) in [5.41, 5.74) is 7.72. The fourth-order valence-electron chi connectivity index (χ4n) is 2.45. The smallest absolute Gasteiger partial charge is 0.237 e. The molecule has 114 valence electrons. The maximum Gasteiger partial charge on any atom is 0.237 e. The van der Waals surface area contributed by atoms with Crippen molar-refractivity contribution in [3.8, 4) is 0 Å². The van der Waals surface area contributed by atoms with Gasteiger partial charge in [0.05, 0.1) is 18.2 Å². The highest BCUT2D eigenvalue weighted by Gasteiger charge is 2.24. The number of nitrogens with one attached hydrogen (secondary N) is 2. The van der Waals surface area contributed by atoms with E-state index in [4.69, 9.17) is 10.5 Å². The maximum atomic E-state index is 12.2. The molecule has 0 aliphatic carbocycles. The molecule has 0 saturated heterocycles. The van der Waals surface area contributed by atoms with Gasteiger partial charge < -0.3 is 20.8 Å². The van der Waals surface area contributed by atoms with E-state index in [1.807, 2.05) is 44.3 Å². The lowest BCUT2D eigenvalue weighted by molar-refractivity contribution is -0.124. The average molecular weight is 289 g/mol. The molecule has 21 heavy (non-hydrogen) atoms. The monoisotopic (exact) mass is 289 g/mol. The third kappa shape index (κ3) is 3.83. The molecular formula is C16H23N3O2. The van der Waals surface area contributed by atoms with Gasteiger partial charge in [-0.2, -0.15) is 0 Å². The first kappa shape index (κ1) is 15.5. The summed E-state index contributed by atoms with van der Waals surface area (Å²) in [4.78, 5) is 15.4. The van der Waals surface area contributed by atoms with E-state index < -0.39 is 11.6 Å². The van der Waals surface area contributed by atoms with E-state index in [-0.39, 0.29) is 5.91 Å². The summed E-state index contributed by atoms with van der Waals surface area (Å²) >= 11 is 0. The lowest BCUT2D eigenvalue weighted by Crippen LogP contribution is -2.53. The molecule has 0 radical (unpaired) electrons. The molecule has 4 N–H and O–H groups in total. The summed E-state index contributed by atoms with van der Waals surface area (Å²) in [6, 6.07) is 7.41. The van der Waals surface area contributed by atoms with Gasteiger partial charge in [0.1, 0.15) is 0 Å². The first-order valence-electron chi connectivity index (χ1n) is 7.04. The van der Waals surface area contributed by atoms with Crippen molar-refractivity contribution in [2.45, 2.75) is 31.8 Å². The average Bonchev–Trinajstić information content (AvgIpc) is 2.81. The van der Waals surface area contributed by atoms with E-state index in [1.54, 1.807) is 7.11 Å². The number of carbonyl (C=O) groups excluding carboxylic acids is 1. The molecule has 1 unspecified atom stereocenters. The molecule has 0 saturated carbocycles. The van der Waals surface area contributed by atoms with Gasteiger partial charge >= 0.3 is 0 Å². The fourth-order valence-corrected chi connectivity index (χ4v) is 2.45. The number of rotatable bonds is 6. The Kier molecular flexibility index (Phi) is 4.65. The zero-order valence-corrected chi connectivity index (χ0v) is 12.8. The Morgan fingerprint density at radius 2 is 2.14 bits per heavy atom. The van der Waals surface area contributed by atoms with Crippen LogP contribution in [-0.4, -0.2) is 36.2 Å². The quantitative estimate of drug-likeness (QED) is 0.755. The van der Waals surface area contributed by atoms with Gasteiger partial charge in [-0.1, -0.05) is 18.2 Å². The highest BCUT2D eigenvalue weighted by Crippen LogP contribution is 2.18. The lowest BCUT2D eigenvalue weighted by atomic mass is 10.0. The molecule has 1 heterocycles. The van der Waals surface area contributed by atoms with Crippen LogP contribution in [0.25, 0.3) is 10.9 Å². The lowest BCUT2D eigenvalue weighted by Gasteiger charge is -2.27. The van der Waals surface area contributed by atoms with E-state index in [1.165, 1.54) is 0 Å². The number of benzene rings is 1. The van der Waals surface area contributed by atoms with Crippen molar-refractivity contribution in [1.29, 1.82) is 0 Å². The van der Waals surface area contributed by atoms with Gasteiger partial charge in [-0.05, 0) is 31.9 Å². The number of aromatic nitrogens is 1. The number of methoxy groups -OCH3 is 1. The van der Waals surface area contributed by atoms with E-state index in [0.717, 1.165) is 16.5 Å². The Bertz CT molecular complexity index is 619. The number of fused-ring (bicyclic) bond motifs is 1. The molecule has 0 aliphatic rings. The molecule has 1 aromatic carbocycles. The highest BCUT2D eigenvalue weighted by atomic mass is 16.5. The number of carbonyl (C=O) groups is 1. The predicted octanol–water partition coefficient (Wildman–Crippen LogP) is 1.58. The number of ether oxygens (including phenoxy) is 1. The van der Waals surface area contributed by atoms with Crippen molar-refractivity contribution in [3.05, 3.63) is 36.0 Å². The van der Waals surface area contributed by atoms with Gasteiger partial charge in [-0.15, -0.1) is 0 Å². The summed E-state index contributed by atoms with van der Waals surface area (Å²) < 4.78 is 5.09. The van der Waals surface area contributed by atoms with Crippen LogP contribution in [0.3, 0.4) is 0 Å². The second kappa shape index (κ2) is 6.28. The third-order valence-corrected chi connectivity index (χ3v) is 3.42. The van der Waals surface area contributed by atoms with Crippen molar-refractivity contribution in [1.82, 2.24) is 10.3 Å². The van der Waals surface area contributed by atoms with Crippen LogP contribution < -0.4 is 11.1 Å². The van der Waals surface area contributed by atoms with E-state index in [9.17, 15) is 4.79 Å². The zero-order valence-electron chi connectivity index (χ0n) is 12.8. The van der Waals surface area contributed by atoms with Crippen molar-refractivity contribution in [2.24, 2.45) is 5.73 Å². The van der Waals surface area contributed by atoms with Gasteiger partial charge in [-0.3, -0.25) is 4.79 Å². The Morgan fingerprint density at radius 1 is 1.43 bits per heavy atom. The molecule has 1 amide bonds. The fraction of sp³-hybridized carbons (Fsp3) is 0.438. The van der Waals surface area contributed by atoms with Crippen LogP contribution in [0, 0.1) is 0 Å². The van der Waals surface area contributed by atoms with E-state index >= 15 is 0 Å². The van der Waals surface area contributed by atoms with Crippen LogP contribution in [0.4, 0.5) is 0 Å². The Balaban J connectivity index is 2.04. The summed E-state index contributed by atoms with van der Waals surface area (Å²) in [7, 11) is 1.61. The van der Waals surface area contributed by atoms with Crippen LogP contribution in [0.1, 0.15) is 19.4 Å². The van der Waals surface area contributed by atoms with Crippen LogP contribution >= 0.6 is 0 Å². The Hall–Kier alpha value is -1.85. The van der Waals surface area contributed by atoms with Crippen LogP contribution in [-0.2, 0) is 16.0 Å². The van der Waals surface area contributed by atoms with E-state index in [2.05, 4.69) is 10.3 Å². The summed E-state index contributed by atoms with van der Waals surface area (Å²) in [5, 5.41) is 4.03. The standard InChI is InChI=1S/C16H23N3O2/c1-16(2,10-21-3)19-15(20)13(17)8-11-9-18-14-7-5-4-6-12(11)14/h4-7,9,13,18H,8,10,17H2,1-3H3,(H,19,20). The molecule has 5 heteroatoms. The SMILES string of the molecule is COCC(C)(C)NC(=O)C(N)Cc1c[nH]c2ccccc12. The van der Waals surface area contributed by atoms with Gasteiger partial charge in [0.25, 0.3) is 0 Å². The number of nitrogens with two attached hydrogens (primary N) is 1. The number of amides is 1. The van der Waals surface area contributed by atoms with Crippen molar-refractivity contribution in [2.75, 3.05) is 13.7 Å². The molecule has 1 atom stereocenters. The minimum absolute atomic E-state index is 0.165. The normalized spacial score (nSPS) is 13.3. The van der Waals surface area contributed by atoms with Crippen molar-refractivity contribution in [3.63, 3.8) is 0 Å². The summed E-state index contributed by atoms with van der Waals surface area (Å²) in [5.74, 6) is -0.165. The summed E-state index contributed by atoms with van der Waals surface area (Å²) in [6.45, 7) is 4.26. The minimum atomic E-state index is -0.583. The van der Waals surface area contributed by atoms with Gasteiger partial charge in [0, 0.05) is 24.2 Å². The zero-order chi connectivity index (χ0) is 15.5. The van der Waals surface area contributed by atoms with Crippen LogP contribution in [0.2, 0.25) is 0 Å². The molecule has 2 aromatic rings. The maximum absolute atomic E-state index is 12.2. The topological polar surface area (TPSA) is 80.1 Å². The number of H-pyrrole nitrogens is 1.